The molecular formula is C12H20N4S. The number of aromatic nitrogens is 2. The van der Waals surface area contributed by atoms with Crippen LogP contribution in [0.15, 0.2) is 0 Å². The molecule has 94 valence electrons. The fourth-order valence-electron chi connectivity index (χ4n) is 2.18. The molecule has 0 spiro atoms. The lowest BCUT2D eigenvalue weighted by molar-refractivity contribution is 0.311. The Labute approximate surface area is 108 Å². The molecule has 1 aromatic rings. The van der Waals surface area contributed by atoms with Crippen LogP contribution in [-0.2, 0) is 6.42 Å². The molecule has 2 rings (SSSR count). The van der Waals surface area contributed by atoms with Crippen molar-refractivity contribution in [2.24, 2.45) is 0 Å². The van der Waals surface area contributed by atoms with Gasteiger partial charge in [-0.15, -0.1) is 0 Å². The van der Waals surface area contributed by atoms with Crippen LogP contribution in [0.4, 0.5) is 5.95 Å². The molecule has 1 N–H and O–H groups in total. The lowest BCUT2D eigenvalue weighted by atomic mass is 10.2. The molecule has 0 bridgehead atoms. The molecule has 0 saturated carbocycles. The summed E-state index contributed by atoms with van der Waals surface area (Å²) >= 11 is 5.35. The van der Waals surface area contributed by atoms with E-state index in [0.717, 1.165) is 54.4 Å². The Hall–Kier alpha value is -0.940. The number of aromatic amines is 1. The first-order valence-electron chi connectivity index (χ1n) is 6.15. The molecule has 0 aromatic carbocycles. The van der Waals surface area contributed by atoms with Crippen LogP contribution < -0.4 is 4.90 Å². The zero-order valence-corrected chi connectivity index (χ0v) is 11.6. The zero-order valence-electron chi connectivity index (χ0n) is 10.8. The largest absolute Gasteiger partial charge is 0.340 e. The van der Waals surface area contributed by atoms with E-state index < -0.39 is 0 Å². The second-order valence-corrected chi connectivity index (χ2v) is 5.00. The van der Waals surface area contributed by atoms with Gasteiger partial charge in [-0.2, -0.15) is 0 Å². The first kappa shape index (κ1) is 12.5. The van der Waals surface area contributed by atoms with Crippen LogP contribution >= 0.6 is 12.2 Å². The van der Waals surface area contributed by atoms with Gasteiger partial charge in [0, 0.05) is 37.4 Å². The van der Waals surface area contributed by atoms with Crippen LogP contribution in [0.1, 0.15) is 18.2 Å². The van der Waals surface area contributed by atoms with E-state index in [1.807, 2.05) is 0 Å². The van der Waals surface area contributed by atoms with Gasteiger partial charge in [-0.25, -0.2) is 4.98 Å². The van der Waals surface area contributed by atoms with Crippen LogP contribution in [-0.4, -0.2) is 48.1 Å². The van der Waals surface area contributed by atoms with Crippen molar-refractivity contribution in [3.8, 4) is 0 Å². The van der Waals surface area contributed by atoms with E-state index in [9.17, 15) is 0 Å². The van der Waals surface area contributed by atoms with Gasteiger partial charge in [-0.1, -0.05) is 19.1 Å². The lowest BCUT2D eigenvalue weighted by Gasteiger charge is -2.33. The predicted molar refractivity (Wildman–Crippen MR) is 73.2 cm³/mol. The molecule has 5 heteroatoms. The fourth-order valence-corrected chi connectivity index (χ4v) is 2.56. The summed E-state index contributed by atoms with van der Waals surface area (Å²) in [5.41, 5.74) is 2.32. The minimum Gasteiger partial charge on any atom is -0.340 e. The van der Waals surface area contributed by atoms with Crippen molar-refractivity contribution in [2.45, 2.75) is 20.3 Å². The summed E-state index contributed by atoms with van der Waals surface area (Å²) in [7, 11) is 2.15. The lowest BCUT2D eigenvalue weighted by Crippen LogP contribution is -2.45. The van der Waals surface area contributed by atoms with Gasteiger partial charge in [0.15, 0.2) is 0 Å². The van der Waals surface area contributed by atoms with Gasteiger partial charge in [0.1, 0.15) is 4.64 Å². The molecule has 1 aliphatic heterocycles. The Morgan fingerprint density at radius 3 is 2.47 bits per heavy atom. The van der Waals surface area contributed by atoms with Gasteiger partial charge in [-0.05, 0) is 20.4 Å². The monoisotopic (exact) mass is 252 g/mol. The van der Waals surface area contributed by atoms with Gasteiger partial charge >= 0.3 is 0 Å². The molecule has 1 aromatic heterocycles. The molecule has 0 unspecified atom stereocenters. The van der Waals surface area contributed by atoms with Crippen molar-refractivity contribution < 1.29 is 0 Å². The van der Waals surface area contributed by atoms with Crippen molar-refractivity contribution >= 4 is 18.2 Å². The number of nitrogens with zero attached hydrogens (tertiary/aromatic N) is 3. The molecule has 17 heavy (non-hydrogen) atoms. The van der Waals surface area contributed by atoms with E-state index in [1.54, 1.807) is 0 Å². The van der Waals surface area contributed by atoms with Crippen molar-refractivity contribution in [3.63, 3.8) is 0 Å². The van der Waals surface area contributed by atoms with E-state index >= 15 is 0 Å². The van der Waals surface area contributed by atoms with E-state index in [-0.39, 0.29) is 0 Å². The van der Waals surface area contributed by atoms with Crippen LogP contribution in [0, 0.1) is 11.6 Å². The molecule has 0 radical (unpaired) electrons. The minimum atomic E-state index is 0.748. The third-order valence-corrected chi connectivity index (χ3v) is 3.71. The average Bonchev–Trinajstić information content (AvgIpc) is 2.29. The Morgan fingerprint density at radius 2 is 1.94 bits per heavy atom. The first-order chi connectivity index (χ1) is 8.11. The summed E-state index contributed by atoms with van der Waals surface area (Å²) in [6.07, 6.45) is 0.942. The highest BCUT2D eigenvalue weighted by Gasteiger charge is 2.16. The van der Waals surface area contributed by atoms with Gasteiger partial charge in [-0.3, -0.25) is 0 Å². The minimum absolute atomic E-state index is 0.748. The Bertz CT molecular complexity index is 446. The van der Waals surface area contributed by atoms with E-state index in [0.29, 0.717) is 0 Å². The summed E-state index contributed by atoms with van der Waals surface area (Å²) in [4.78, 5) is 12.5. The SMILES string of the molecule is CCc1c(C)[nH]c(N2CCN(C)CC2)nc1=S. The molecule has 1 fully saturated rings. The number of H-pyrrole nitrogens is 1. The Balaban J connectivity index is 2.25. The normalized spacial score (nSPS) is 17.5. The van der Waals surface area contributed by atoms with E-state index in [1.165, 1.54) is 0 Å². The van der Waals surface area contributed by atoms with Crippen molar-refractivity contribution in [1.29, 1.82) is 0 Å². The second-order valence-electron chi connectivity index (χ2n) is 4.61. The zero-order chi connectivity index (χ0) is 12.4. The highest BCUT2D eigenvalue weighted by Crippen LogP contribution is 2.15. The maximum absolute atomic E-state index is 5.35. The number of piperazine rings is 1. The second kappa shape index (κ2) is 5.14. The number of hydrogen-bond acceptors (Lipinski definition) is 4. The Morgan fingerprint density at radius 1 is 1.29 bits per heavy atom. The van der Waals surface area contributed by atoms with Gasteiger partial charge in [0.05, 0.1) is 0 Å². The average molecular weight is 252 g/mol. The third kappa shape index (κ3) is 2.66. The maximum Gasteiger partial charge on any atom is 0.204 e. The van der Waals surface area contributed by atoms with Crippen molar-refractivity contribution in [3.05, 3.63) is 15.9 Å². The number of anilines is 1. The molecule has 0 atom stereocenters. The first-order valence-corrected chi connectivity index (χ1v) is 6.56. The molecular weight excluding hydrogens is 232 g/mol. The molecule has 4 nitrogen and oxygen atoms in total. The summed E-state index contributed by atoms with van der Waals surface area (Å²) in [5, 5.41) is 0. The van der Waals surface area contributed by atoms with E-state index in [4.69, 9.17) is 12.2 Å². The standard InChI is InChI=1S/C12H20N4S/c1-4-10-9(2)13-12(14-11(10)17)16-7-5-15(3)6-8-16/h4-8H2,1-3H3,(H,13,14,17). The summed E-state index contributed by atoms with van der Waals surface area (Å²) in [6, 6.07) is 0. The van der Waals surface area contributed by atoms with Crippen LogP contribution in [0.25, 0.3) is 0 Å². The maximum atomic E-state index is 5.35. The summed E-state index contributed by atoms with van der Waals surface area (Å²) in [5.74, 6) is 0.929. The van der Waals surface area contributed by atoms with Crippen LogP contribution in [0.3, 0.4) is 0 Å². The van der Waals surface area contributed by atoms with Crippen molar-refractivity contribution in [2.75, 3.05) is 38.1 Å². The molecule has 0 aliphatic carbocycles. The van der Waals surface area contributed by atoms with Gasteiger partial charge in [0.2, 0.25) is 5.95 Å². The number of aryl methyl sites for hydroxylation is 1. The predicted octanol–water partition coefficient (Wildman–Crippen LogP) is 1.76. The topological polar surface area (TPSA) is 35.2 Å². The highest BCUT2D eigenvalue weighted by atomic mass is 32.1. The molecule has 2 heterocycles. The summed E-state index contributed by atoms with van der Waals surface area (Å²) in [6.45, 7) is 8.38. The third-order valence-electron chi connectivity index (χ3n) is 3.37. The quantitative estimate of drug-likeness (QED) is 0.814. The number of hydrogen-bond donors (Lipinski definition) is 1. The molecule has 0 amide bonds. The molecule has 1 aliphatic rings. The smallest absolute Gasteiger partial charge is 0.204 e. The van der Waals surface area contributed by atoms with Gasteiger partial charge in [0.25, 0.3) is 0 Å². The Kier molecular flexibility index (Phi) is 3.79. The number of rotatable bonds is 2. The van der Waals surface area contributed by atoms with E-state index in [2.05, 4.69) is 40.7 Å². The van der Waals surface area contributed by atoms with Crippen LogP contribution in [0.5, 0.6) is 0 Å². The number of likely N-dealkylation sites (N-methyl/N-ethyl adjacent to an activating group) is 1. The van der Waals surface area contributed by atoms with Crippen molar-refractivity contribution in [1.82, 2.24) is 14.9 Å². The van der Waals surface area contributed by atoms with Gasteiger partial charge < -0.3 is 14.8 Å². The van der Waals surface area contributed by atoms with Crippen LogP contribution in [0.2, 0.25) is 0 Å². The number of nitrogens with one attached hydrogen (secondary N) is 1. The highest BCUT2D eigenvalue weighted by molar-refractivity contribution is 7.71. The summed E-state index contributed by atoms with van der Waals surface area (Å²) < 4.78 is 0.748. The fraction of sp³-hybridized carbons (Fsp3) is 0.667. The molecule has 1 saturated heterocycles.